The zero-order valence-electron chi connectivity index (χ0n) is 12.2. The molecule has 2 atom stereocenters. The molecule has 1 aromatic heterocycles. The third-order valence-corrected chi connectivity index (χ3v) is 4.21. The number of ether oxygens (including phenoxy) is 1. The first-order valence-electron chi connectivity index (χ1n) is 7.66. The molecular weight excluding hydrogens is 276 g/mol. The fourth-order valence-corrected chi connectivity index (χ4v) is 3.05. The van der Waals surface area contributed by atoms with Crippen LogP contribution in [0.4, 0.5) is 0 Å². The minimum atomic E-state index is -0.147. The molecule has 0 spiro atoms. The maximum atomic E-state index is 6.25. The molecule has 2 aromatic carbocycles. The molecule has 0 saturated carbocycles. The van der Waals surface area contributed by atoms with E-state index in [4.69, 9.17) is 9.15 Å². The Labute approximate surface area is 129 Å². The van der Waals surface area contributed by atoms with E-state index in [1.54, 1.807) is 12.5 Å². The molecule has 1 saturated heterocycles. The second-order valence-corrected chi connectivity index (χ2v) is 5.67. The van der Waals surface area contributed by atoms with Crippen molar-refractivity contribution in [1.29, 1.82) is 0 Å². The summed E-state index contributed by atoms with van der Waals surface area (Å²) in [6.07, 6.45) is 4.20. The quantitative estimate of drug-likeness (QED) is 0.799. The molecule has 0 unspecified atom stereocenters. The summed E-state index contributed by atoms with van der Waals surface area (Å²) < 4.78 is 11.8. The van der Waals surface area contributed by atoms with Gasteiger partial charge in [0.1, 0.15) is 12.0 Å². The first kappa shape index (κ1) is 13.3. The maximum Gasteiger partial charge on any atom is 0.235 e. The highest BCUT2D eigenvalue weighted by Gasteiger charge is 2.31. The second-order valence-electron chi connectivity index (χ2n) is 5.67. The summed E-state index contributed by atoms with van der Waals surface area (Å²) in [6, 6.07) is 14.5. The van der Waals surface area contributed by atoms with Gasteiger partial charge in [0, 0.05) is 12.5 Å². The predicted molar refractivity (Wildman–Crippen MR) is 84.8 cm³/mol. The third kappa shape index (κ3) is 2.57. The van der Waals surface area contributed by atoms with Gasteiger partial charge in [-0.25, -0.2) is 4.98 Å². The summed E-state index contributed by atoms with van der Waals surface area (Å²) >= 11 is 0. The predicted octanol–water partition coefficient (Wildman–Crippen LogP) is 3.56. The topological polar surface area (TPSA) is 47.3 Å². The lowest BCUT2D eigenvalue weighted by molar-refractivity contribution is 0.114. The van der Waals surface area contributed by atoms with Crippen molar-refractivity contribution in [2.75, 3.05) is 13.1 Å². The van der Waals surface area contributed by atoms with E-state index in [1.807, 2.05) is 18.2 Å². The molecule has 3 aromatic rings. The number of benzene rings is 2. The van der Waals surface area contributed by atoms with Crippen LogP contribution in [0.2, 0.25) is 0 Å². The van der Waals surface area contributed by atoms with Crippen molar-refractivity contribution >= 4 is 10.8 Å². The van der Waals surface area contributed by atoms with Crippen LogP contribution in [-0.4, -0.2) is 18.1 Å². The molecule has 1 fully saturated rings. The third-order valence-electron chi connectivity index (χ3n) is 4.21. The van der Waals surface area contributed by atoms with Crippen molar-refractivity contribution in [3.8, 4) is 5.75 Å². The Morgan fingerprint density at radius 3 is 2.86 bits per heavy atom. The highest BCUT2D eigenvalue weighted by Crippen LogP contribution is 2.32. The zero-order valence-corrected chi connectivity index (χ0v) is 12.2. The Balaban J connectivity index is 1.64. The van der Waals surface area contributed by atoms with E-state index in [9.17, 15) is 0 Å². The number of aromatic nitrogens is 1. The van der Waals surface area contributed by atoms with Crippen LogP contribution in [0.1, 0.15) is 18.4 Å². The number of rotatable bonds is 4. The zero-order chi connectivity index (χ0) is 14.8. The average Bonchev–Trinajstić information content (AvgIpc) is 3.26. The van der Waals surface area contributed by atoms with Crippen LogP contribution in [0.5, 0.6) is 5.75 Å². The largest absolute Gasteiger partial charge is 0.480 e. The molecule has 4 heteroatoms. The van der Waals surface area contributed by atoms with E-state index >= 15 is 0 Å². The van der Waals surface area contributed by atoms with E-state index in [2.05, 4.69) is 34.6 Å². The Hall–Kier alpha value is -2.33. The Morgan fingerprint density at radius 2 is 2.09 bits per heavy atom. The van der Waals surface area contributed by atoms with Gasteiger partial charge in [-0.2, -0.15) is 0 Å². The van der Waals surface area contributed by atoms with Gasteiger partial charge < -0.3 is 14.5 Å². The van der Waals surface area contributed by atoms with Gasteiger partial charge in [-0.05, 0) is 35.9 Å². The number of hydrogen-bond acceptors (Lipinski definition) is 4. The Bertz CT molecular complexity index is 749. The number of hydrogen-bond donors (Lipinski definition) is 1. The molecule has 0 radical (unpaired) electrons. The molecule has 0 bridgehead atoms. The van der Waals surface area contributed by atoms with E-state index in [0.29, 0.717) is 11.8 Å². The van der Waals surface area contributed by atoms with E-state index in [-0.39, 0.29) is 6.10 Å². The molecule has 0 amide bonds. The number of fused-ring (bicyclic) bond motifs is 1. The number of nitrogens with one attached hydrogen (secondary N) is 1. The molecule has 1 N–H and O–H groups in total. The van der Waals surface area contributed by atoms with Crippen LogP contribution in [0, 0.1) is 5.92 Å². The van der Waals surface area contributed by atoms with Crippen LogP contribution in [0.15, 0.2) is 59.3 Å². The lowest BCUT2D eigenvalue weighted by Gasteiger charge is -2.21. The lowest BCUT2D eigenvalue weighted by atomic mass is 10.0. The Morgan fingerprint density at radius 1 is 1.18 bits per heavy atom. The van der Waals surface area contributed by atoms with Crippen molar-refractivity contribution in [2.24, 2.45) is 5.92 Å². The SMILES string of the molecule is c1ccc2cc(O[C@@H](c3ncco3)[C@H]3CCNC3)ccc2c1. The summed E-state index contributed by atoms with van der Waals surface area (Å²) in [4.78, 5) is 4.30. The summed E-state index contributed by atoms with van der Waals surface area (Å²) in [6.45, 7) is 1.95. The van der Waals surface area contributed by atoms with Gasteiger partial charge in [0.2, 0.25) is 5.89 Å². The monoisotopic (exact) mass is 294 g/mol. The molecular formula is C18H18N2O2. The minimum Gasteiger partial charge on any atom is -0.480 e. The van der Waals surface area contributed by atoms with Gasteiger partial charge in [-0.3, -0.25) is 0 Å². The minimum absolute atomic E-state index is 0.147. The highest BCUT2D eigenvalue weighted by molar-refractivity contribution is 5.83. The summed E-state index contributed by atoms with van der Waals surface area (Å²) in [7, 11) is 0. The maximum absolute atomic E-state index is 6.25. The van der Waals surface area contributed by atoms with Crippen molar-refractivity contribution in [3.05, 3.63) is 60.8 Å². The molecule has 0 aliphatic carbocycles. The van der Waals surface area contributed by atoms with E-state index < -0.39 is 0 Å². The van der Waals surface area contributed by atoms with Crippen LogP contribution in [0.25, 0.3) is 10.8 Å². The molecule has 1 aliphatic heterocycles. The van der Waals surface area contributed by atoms with Crippen LogP contribution in [0.3, 0.4) is 0 Å². The smallest absolute Gasteiger partial charge is 0.235 e. The Kier molecular flexibility index (Phi) is 3.52. The van der Waals surface area contributed by atoms with Gasteiger partial charge in [0.05, 0.1) is 6.20 Å². The normalized spacial score (nSPS) is 19.4. The number of nitrogens with zero attached hydrogens (tertiary/aromatic N) is 1. The molecule has 1 aliphatic rings. The fourth-order valence-electron chi connectivity index (χ4n) is 3.05. The summed E-state index contributed by atoms with van der Waals surface area (Å²) in [5.74, 6) is 1.89. The first-order valence-corrected chi connectivity index (χ1v) is 7.66. The summed E-state index contributed by atoms with van der Waals surface area (Å²) in [5.41, 5.74) is 0. The molecule has 4 rings (SSSR count). The van der Waals surface area contributed by atoms with Crippen molar-refractivity contribution in [1.82, 2.24) is 10.3 Å². The van der Waals surface area contributed by atoms with Gasteiger partial charge in [-0.15, -0.1) is 0 Å². The van der Waals surface area contributed by atoms with Gasteiger partial charge in [-0.1, -0.05) is 30.3 Å². The van der Waals surface area contributed by atoms with Crippen LogP contribution in [-0.2, 0) is 0 Å². The lowest BCUT2D eigenvalue weighted by Crippen LogP contribution is -2.21. The second kappa shape index (κ2) is 5.81. The number of oxazole rings is 1. The van der Waals surface area contributed by atoms with E-state index in [0.717, 1.165) is 25.3 Å². The van der Waals surface area contributed by atoms with Gasteiger partial charge >= 0.3 is 0 Å². The molecule has 4 nitrogen and oxygen atoms in total. The average molecular weight is 294 g/mol. The van der Waals surface area contributed by atoms with Gasteiger partial charge in [0.25, 0.3) is 0 Å². The van der Waals surface area contributed by atoms with Crippen molar-refractivity contribution < 1.29 is 9.15 Å². The first-order chi connectivity index (χ1) is 10.9. The van der Waals surface area contributed by atoms with Gasteiger partial charge in [0.15, 0.2) is 6.10 Å². The fraction of sp³-hybridized carbons (Fsp3) is 0.278. The van der Waals surface area contributed by atoms with Crippen molar-refractivity contribution in [2.45, 2.75) is 12.5 Å². The van der Waals surface area contributed by atoms with Crippen LogP contribution < -0.4 is 10.1 Å². The molecule has 22 heavy (non-hydrogen) atoms. The molecule has 112 valence electrons. The van der Waals surface area contributed by atoms with E-state index in [1.165, 1.54) is 10.8 Å². The van der Waals surface area contributed by atoms with Crippen molar-refractivity contribution in [3.63, 3.8) is 0 Å². The highest BCUT2D eigenvalue weighted by atomic mass is 16.5. The summed E-state index contributed by atoms with van der Waals surface area (Å²) in [5, 5.41) is 5.77. The molecule has 2 heterocycles. The standard InChI is InChI=1S/C18H18N2O2/c1-2-4-14-11-16(6-5-13(14)3-1)22-17(15-7-8-19-12-15)18-20-9-10-21-18/h1-6,9-11,15,17,19H,7-8,12H2/t15-,17+/m0/s1. The van der Waals surface area contributed by atoms with Crippen LogP contribution >= 0.6 is 0 Å².